The molecule has 2 aliphatic heterocycles. The van der Waals surface area contributed by atoms with Gasteiger partial charge in [-0.3, -0.25) is 0 Å². The first-order valence-corrected chi connectivity index (χ1v) is 8.51. The van der Waals surface area contributed by atoms with Crippen LogP contribution in [0.2, 0.25) is 0 Å². The lowest BCUT2D eigenvalue weighted by Gasteiger charge is -2.24. The summed E-state index contributed by atoms with van der Waals surface area (Å²) in [6, 6.07) is 9.61. The van der Waals surface area contributed by atoms with Crippen LogP contribution in [0.3, 0.4) is 0 Å². The Morgan fingerprint density at radius 3 is 3.00 bits per heavy atom. The first-order chi connectivity index (χ1) is 10.4. The van der Waals surface area contributed by atoms with Crippen LogP contribution in [0.15, 0.2) is 36.4 Å². The molecule has 1 aromatic carbocycles. The second-order valence-corrected chi connectivity index (χ2v) is 7.12. The van der Waals surface area contributed by atoms with Crippen LogP contribution in [0.4, 0.5) is 0 Å². The molecule has 2 N–H and O–H groups in total. The highest BCUT2D eigenvalue weighted by Gasteiger charge is 2.48. The van der Waals surface area contributed by atoms with Crippen molar-refractivity contribution in [3.8, 4) is 0 Å². The van der Waals surface area contributed by atoms with Crippen molar-refractivity contribution in [1.82, 2.24) is 4.98 Å². The lowest BCUT2D eigenvalue weighted by Crippen LogP contribution is -3.10. The van der Waals surface area contributed by atoms with Gasteiger partial charge in [-0.15, -0.1) is 0 Å². The molecule has 2 nitrogen and oxygen atoms in total. The van der Waals surface area contributed by atoms with Crippen LogP contribution in [-0.2, 0) is 6.42 Å². The molecule has 1 fully saturated rings. The Kier molecular flexibility index (Phi) is 2.57. The van der Waals surface area contributed by atoms with Gasteiger partial charge in [0.15, 0.2) is 0 Å². The van der Waals surface area contributed by atoms with Crippen LogP contribution in [0, 0.1) is 11.8 Å². The minimum absolute atomic E-state index is 0.713. The summed E-state index contributed by atoms with van der Waals surface area (Å²) in [5.41, 5.74) is 4.55. The normalized spacial score (nSPS) is 34.3. The molecule has 2 aromatic rings. The zero-order chi connectivity index (χ0) is 13.8. The molecule has 1 saturated heterocycles. The van der Waals surface area contributed by atoms with E-state index in [-0.39, 0.29) is 0 Å². The van der Waals surface area contributed by atoms with Crippen LogP contribution in [0.1, 0.15) is 36.6 Å². The van der Waals surface area contributed by atoms with E-state index in [1.54, 1.807) is 11.3 Å². The molecule has 0 bridgehead atoms. The Bertz CT molecular complexity index is 711. The van der Waals surface area contributed by atoms with Gasteiger partial charge < -0.3 is 9.88 Å². The number of fused-ring (bicyclic) bond motifs is 7. The maximum atomic E-state index is 3.82. The molecule has 2 heteroatoms. The van der Waals surface area contributed by atoms with Gasteiger partial charge in [-0.2, -0.15) is 0 Å². The van der Waals surface area contributed by atoms with Gasteiger partial charge in [-0.1, -0.05) is 30.4 Å². The Morgan fingerprint density at radius 1 is 1.10 bits per heavy atom. The highest BCUT2D eigenvalue weighted by Crippen LogP contribution is 2.41. The largest absolute Gasteiger partial charge is 0.353 e. The molecule has 4 unspecified atom stereocenters. The zero-order valence-electron chi connectivity index (χ0n) is 12.4. The quantitative estimate of drug-likeness (QED) is 0.692. The second kappa shape index (κ2) is 4.48. The van der Waals surface area contributed by atoms with Crippen molar-refractivity contribution in [1.29, 1.82) is 0 Å². The SMILES string of the molecule is C1=CCC2C(C1)C[NH+]1CCCc3c([nH]c4ccccc34)C21. The Hall–Kier alpha value is -1.54. The molecule has 108 valence electrons. The van der Waals surface area contributed by atoms with E-state index in [0.717, 1.165) is 11.8 Å². The van der Waals surface area contributed by atoms with E-state index in [9.17, 15) is 0 Å². The fourth-order valence-electron chi connectivity index (χ4n) is 5.22. The average Bonchev–Trinajstić information content (AvgIpc) is 3.00. The summed E-state index contributed by atoms with van der Waals surface area (Å²) in [4.78, 5) is 5.66. The standard InChI is InChI=1S/C19H22N2/c1-2-7-14-13(6-1)12-21-11-5-9-16-15-8-3-4-10-17(15)20-18(16)19(14)21/h1-4,8,10,13-14,19-20H,5-7,9,11-12H2/p+1. The molecule has 3 aliphatic rings. The van der Waals surface area contributed by atoms with Crippen molar-refractivity contribution in [3.63, 3.8) is 0 Å². The summed E-state index contributed by atoms with van der Waals surface area (Å²) in [5.74, 6) is 1.77. The van der Waals surface area contributed by atoms with E-state index in [2.05, 4.69) is 41.4 Å². The van der Waals surface area contributed by atoms with Crippen molar-refractivity contribution in [2.75, 3.05) is 13.1 Å². The van der Waals surface area contributed by atoms with Gasteiger partial charge in [0, 0.05) is 29.2 Å². The number of quaternary nitrogens is 1. The summed E-state index contributed by atoms with van der Waals surface area (Å²) in [7, 11) is 0. The third-order valence-corrected chi connectivity index (χ3v) is 6.09. The number of hydrogen-bond donors (Lipinski definition) is 2. The number of aryl methyl sites for hydroxylation is 1. The van der Waals surface area contributed by atoms with Crippen LogP contribution in [0.5, 0.6) is 0 Å². The number of aromatic amines is 1. The van der Waals surface area contributed by atoms with Gasteiger partial charge >= 0.3 is 0 Å². The van der Waals surface area contributed by atoms with Crippen molar-refractivity contribution < 1.29 is 4.90 Å². The van der Waals surface area contributed by atoms with Gasteiger partial charge in [0.05, 0.1) is 18.8 Å². The Morgan fingerprint density at radius 2 is 2.00 bits per heavy atom. The minimum Gasteiger partial charge on any atom is -0.353 e. The fraction of sp³-hybridized carbons (Fsp3) is 0.474. The van der Waals surface area contributed by atoms with Crippen LogP contribution < -0.4 is 4.90 Å². The van der Waals surface area contributed by atoms with Crippen LogP contribution in [-0.4, -0.2) is 18.1 Å². The number of aromatic nitrogens is 1. The Labute approximate surface area is 125 Å². The summed E-state index contributed by atoms with van der Waals surface area (Å²) < 4.78 is 0. The molecule has 5 rings (SSSR count). The summed E-state index contributed by atoms with van der Waals surface area (Å²) in [6.45, 7) is 2.74. The van der Waals surface area contributed by atoms with E-state index in [1.165, 1.54) is 49.7 Å². The minimum atomic E-state index is 0.713. The number of hydrogen-bond acceptors (Lipinski definition) is 0. The number of para-hydroxylation sites is 1. The fourth-order valence-corrected chi connectivity index (χ4v) is 5.22. The van der Waals surface area contributed by atoms with Crippen molar-refractivity contribution in [3.05, 3.63) is 47.7 Å². The molecule has 4 atom stereocenters. The summed E-state index contributed by atoms with van der Waals surface area (Å²) in [6.07, 6.45) is 10.0. The van der Waals surface area contributed by atoms with Gasteiger partial charge in [-0.25, -0.2) is 0 Å². The van der Waals surface area contributed by atoms with Gasteiger partial charge in [-0.05, 0) is 30.9 Å². The first-order valence-electron chi connectivity index (χ1n) is 8.51. The molecule has 1 aromatic heterocycles. The number of benzene rings is 1. The van der Waals surface area contributed by atoms with Crippen molar-refractivity contribution in [2.24, 2.45) is 11.8 Å². The average molecular weight is 279 g/mol. The molecular formula is C19H23N2+. The number of rotatable bonds is 0. The van der Waals surface area contributed by atoms with Crippen molar-refractivity contribution in [2.45, 2.75) is 31.7 Å². The van der Waals surface area contributed by atoms with Crippen LogP contribution >= 0.6 is 0 Å². The van der Waals surface area contributed by atoms with Crippen LogP contribution in [0.25, 0.3) is 10.9 Å². The highest BCUT2D eigenvalue weighted by atomic mass is 15.2. The first kappa shape index (κ1) is 12.0. The maximum absolute atomic E-state index is 3.82. The highest BCUT2D eigenvalue weighted by molar-refractivity contribution is 5.84. The number of H-pyrrole nitrogens is 1. The zero-order valence-corrected chi connectivity index (χ0v) is 12.4. The predicted octanol–water partition coefficient (Wildman–Crippen LogP) is 2.64. The van der Waals surface area contributed by atoms with Gasteiger partial charge in [0.1, 0.15) is 6.04 Å². The lowest BCUT2D eigenvalue weighted by molar-refractivity contribution is -0.921. The topological polar surface area (TPSA) is 20.2 Å². The molecule has 0 saturated carbocycles. The van der Waals surface area contributed by atoms with E-state index in [1.807, 2.05) is 4.90 Å². The third kappa shape index (κ3) is 1.69. The molecule has 21 heavy (non-hydrogen) atoms. The maximum Gasteiger partial charge on any atom is 0.132 e. The third-order valence-electron chi connectivity index (χ3n) is 6.09. The Balaban J connectivity index is 1.69. The van der Waals surface area contributed by atoms with E-state index >= 15 is 0 Å². The number of allylic oxidation sites excluding steroid dienone is 2. The van der Waals surface area contributed by atoms with E-state index < -0.39 is 0 Å². The van der Waals surface area contributed by atoms with Gasteiger partial charge in [0.25, 0.3) is 0 Å². The summed E-state index contributed by atoms with van der Waals surface area (Å²) >= 11 is 0. The molecule has 1 aliphatic carbocycles. The van der Waals surface area contributed by atoms with Gasteiger partial charge in [0.2, 0.25) is 0 Å². The smallest absolute Gasteiger partial charge is 0.132 e. The predicted molar refractivity (Wildman–Crippen MR) is 85.4 cm³/mol. The monoisotopic (exact) mass is 279 g/mol. The second-order valence-electron chi connectivity index (χ2n) is 7.12. The number of nitrogens with one attached hydrogen (secondary N) is 2. The summed E-state index contributed by atoms with van der Waals surface area (Å²) in [5, 5.41) is 1.48. The van der Waals surface area contributed by atoms with E-state index in [4.69, 9.17) is 0 Å². The molecule has 0 amide bonds. The lowest BCUT2D eigenvalue weighted by atomic mass is 9.80. The molecule has 0 spiro atoms. The molecular weight excluding hydrogens is 256 g/mol. The molecule has 3 heterocycles. The molecule has 0 radical (unpaired) electrons. The van der Waals surface area contributed by atoms with Crippen molar-refractivity contribution >= 4 is 10.9 Å². The van der Waals surface area contributed by atoms with E-state index in [0.29, 0.717) is 6.04 Å².